The molecular formula is C10H10F3NO. The van der Waals surface area contributed by atoms with Crippen LogP contribution in [0, 0.1) is 0 Å². The highest BCUT2D eigenvalue weighted by atomic mass is 19.4. The van der Waals surface area contributed by atoms with Crippen LogP contribution in [-0.2, 0) is 6.18 Å². The van der Waals surface area contributed by atoms with E-state index in [0.717, 1.165) is 31.6 Å². The quantitative estimate of drug-likeness (QED) is 0.755. The van der Waals surface area contributed by atoms with Crippen molar-refractivity contribution in [1.29, 1.82) is 0 Å². The van der Waals surface area contributed by atoms with Crippen LogP contribution >= 0.6 is 0 Å². The third kappa shape index (κ3) is 2.41. The molecule has 2 rings (SSSR count). The van der Waals surface area contributed by atoms with Crippen LogP contribution in [0.1, 0.15) is 12.0 Å². The summed E-state index contributed by atoms with van der Waals surface area (Å²) in [6, 6.07) is 4.71. The summed E-state index contributed by atoms with van der Waals surface area (Å²) < 4.78 is 36.6. The van der Waals surface area contributed by atoms with Gasteiger partial charge in [0, 0.05) is 13.1 Å². The van der Waals surface area contributed by atoms with Crippen LogP contribution in [0.5, 0.6) is 5.75 Å². The lowest BCUT2D eigenvalue weighted by Crippen LogP contribution is -2.39. The minimum absolute atomic E-state index is 0.447. The number of halogens is 3. The Bertz CT molecular complexity index is 330. The van der Waals surface area contributed by atoms with Crippen molar-refractivity contribution in [3.63, 3.8) is 0 Å². The summed E-state index contributed by atoms with van der Waals surface area (Å²) in [6.45, 7) is 1.67. The second kappa shape index (κ2) is 3.73. The van der Waals surface area contributed by atoms with Gasteiger partial charge in [-0.1, -0.05) is 0 Å². The zero-order chi connectivity index (χ0) is 10.9. The number of rotatable bonds is 2. The Morgan fingerprint density at radius 3 is 2.07 bits per heavy atom. The molecule has 0 N–H and O–H groups in total. The molecule has 1 aromatic carbocycles. The molecule has 0 bridgehead atoms. The maximum atomic E-state index is 12.2. The van der Waals surface area contributed by atoms with Crippen LogP contribution < -0.4 is 4.84 Å². The van der Waals surface area contributed by atoms with Crippen molar-refractivity contribution >= 4 is 0 Å². The van der Waals surface area contributed by atoms with Gasteiger partial charge in [0.15, 0.2) is 0 Å². The maximum Gasteiger partial charge on any atom is 0.416 e. The summed E-state index contributed by atoms with van der Waals surface area (Å²) in [5.41, 5.74) is -0.654. The molecule has 0 aliphatic carbocycles. The van der Waals surface area contributed by atoms with E-state index in [1.165, 1.54) is 12.1 Å². The Balaban J connectivity index is 2.03. The van der Waals surface area contributed by atoms with Crippen molar-refractivity contribution in [3.05, 3.63) is 29.8 Å². The molecule has 1 aliphatic rings. The van der Waals surface area contributed by atoms with Gasteiger partial charge in [0.05, 0.1) is 5.56 Å². The Morgan fingerprint density at radius 2 is 1.67 bits per heavy atom. The molecule has 1 aliphatic heterocycles. The van der Waals surface area contributed by atoms with Crippen molar-refractivity contribution in [2.45, 2.75) is 12.6 Å². The van der Waals surface area contributed by atoms with Gasteiger partial charge in [-0.15, -0.1) is 5.06 Å². The van der Waals surface area contributed by atoms with Gasteiger partial charge in [-0.25, -0.2) is 0 Å². The molecule has 0 unspecified atom stereocenters. The summed E-state index contributed by atoms with van der Waals surface area (Å²) in [5.74, 6) is 0.447. The molecule has 0 saturated carbocycles. The normalized spacial score (nSPS) is 17.3. The highest BCUT2D eigenvalue weighted by Gasteiger charge is 2.30. The Kier molecular flexibility index (Phi) is 2.56. The Morgan fingerprint density at radius 1 is 1.07 bits per heavy atom. The first kappa shape index (κ1) is 10.3. The summed E-state index contributed by atoms with van der Waals surface area (Å²) >= 11 is 0. The zero-order valence-electron chi connectivity index (χ0n) is 7.92. The zero-order valence-corrected chi connectivity index (χ0v) is 7.92. The van der Waals surface area contributed by atoms with E-state index in [1.807, 2.05) is 0 Å². The fraction of sp³-hybridized carbons (Fsp3) is 0.400. The number of benzene rings is 1. The first-order chi connectivity index (χ1) is 7.05. The molecule has 1 aromatic rings. The van der Waals surface area contributed by atoms with Gasteiger partial charge in [0.25, 0.3) is 0 Å². The third-order valence-corrected chi connectivity index (χ3v) is 2.23. The Hall–Kier alpha value is -1.23. The molecule has 1 saturated heterocycles. The topological polar surface area (TPSA) is 12.5 Å². The largest absolute Gasteiger partial charge is 0.416 e. The predicted octanol–water partition coefficient (Wildman–Crippen LogP) is 2.70. The standard InChI is InChI=1S/C10H10F3NO/c11-10(12,13)8-2-4-9(5-3-8)15-14-6-1-7-14/h2-5H,1,6-7H2. The lowest BCUT2D eigenvalue weighted by atomic mass is 10.2. The summed E-state index contributed by atoms with van der Waals surface area (Å²) in [7, 11) is 0. The van der Waals surface area contributed by atoms with Crippen molar-refractivity contribution in [2.75, 3.05) is 13.1 Å². The molecule has 0 atom stereocenters. The molecular weight excluding hydrogens is 207 g/mol. The molecule has 0 spiro atoms. The molecule has 0 amide bonds. The van der Waals surface area contributed by atoms with Crippen LogP contribution in [0.4, 0.5) is 13.2 Å². The molecule has 1 fully saturated rings. The highest BCUT2D eigenvalue weighted by molar-refractivity contribution is 5.28. The minimum Gasteiger partial charge on any atom is -0.406 e. The van der Waals surface area contributed by atoms with E-state index >= 15 is 0 Å². The van der Waals surface area contributed by atoms with Gasteiger partial charge in [0.2, 0.25) is 0 Å². The minimum atomic E-state index is -4.28. The van der Waals surface area contributed by atoms with Crippen LogP contribution in [0.25, 0.3) is 0 Å². The summed E-state index contributed by atoms with van der Waals surface area (Å²) in [4.78, 5) is 5.28. The van der Waals surface area contributed by atoms with Crippen LogP contribution in [0.2, 0.25) is 0 Å². The summed E-state index contributed by atoms with van der Waals surface area (Å²) in [5, 5.41) is 1.71. The molecule has 1 heterocycles. The smallest absolute Gasteiger partial charge is 0.406 e. The lowest BCUT2D eigenvalue weighted by molar-refractivity contribution is -0.137. The fourth-order valence-electron chi connectivity index (χ4n) is 1.23. The third-order valence-electron chi connectivity index (χ3n) is 2.23. The van der Waals surface area contributed by atoms with E-state index in [1.54, 1.807) is 5.06 Å². The van der Waals surface area contributed by atoms with Gasteiger partial charge in [-0.2, -0.15) is 13.2 Å². The average molecular weight is 217 g/mol. The second-order valence-corrected chi connectivity index (χ2v) is 3.40. The van der Waals surface area contributed by atoms with E-state index in [9.17, 15) is 13.2 Å². The van der Waals surface area contributed by atoms with E-state index in [4.69, 9.17) is 4.84 Å². The molecule has 2 nitrogen and oxygen atoms in total. The van der Waals surface area contributed by atoms with Crippen LogP contribution in [-0.4, -0.2) is 18.2 Å². The highest BCUT2D eigenvalue weighted by Crippen LogP contribution is 2.30. The van der Waals surface area contributed by atoms with Gasteiger partial charge < -0.3 is 4.84 Å². The number of hydroxylamine groups is 2. The Labute approximate surface area is 85.2 Å². The molecule has 0 radical (unpaired) electrons. The van der Waals surface area contributed by atoms with E-state index < -0.39 is 11.7 Å². The molecule has 5 heteroatoms. The molecule has 0 aromatic heterocycles. The van der Waals surface area contributed by atoms with Crippen molar-refractivity contribution in [1.82, 2.24) is 5.06 Å². The van der Waals surface area contributed by atoms with Gasteiger partial charge >= 0.3 is 6.18 Å². The molecule has 15 heavy (non-hydrogen) atoms. The van der Waals surface area contributed by atoms with Crippen molar-refractivity contribution < 1.29 is 18.0 Å². The van der Waals surface area contributed by atoms with Crippen molar-refractivity contribution in [2.24, 2.45) is 0 Å². The number of alkyl halides is 3. The fourth-order valence-corrected chi connectivity index (χ4v) is 1.23. The molecule has 82 valence electrons. The monoisotopic (exact) mass is 217 g/mol. The van der Waals surface area contributed by atoms with Crippen LogP contribution in [0.15, 0.2) is 24.3 Å². The average Bonchev–Trinajstić information content (AvgIpc) is 2.11. The summed E-state index contributed by atoms with van der Waals surface area (Å²) in [6.07, 6.45) is -3.21. The second-order valence-electron chi connectivity index (χ2n) is 3.40. The van der Waals surface area contributed by atoms with E-state index in [2.05, 4.69) is 0 Å². The van der Waals surface area contributed by atoms with Gasteiger partial charge in [-0.05, 0) is 30.7 Å². The van der Waals surface area contributed by atoms with Gasteiger partial charge in [0.1, 0.15) is 5.75 Å². The first-order valence-electron chi connectivity index (χ1n) is 4.66. The predicted molar refractivity (Wildman–Crippen MR) is 48.3 cm³/mol. The van der Waals surface area contributed by atoms with Gasteiger partial charge in [-0.3, -0.25) is 0 Å². The van der Waals surface area contributed by atoms with Crippen LogP contribution in [0.3, 0.4) is 0 Å². The first-order valence-corrected chi connectivity index (χ1v) is 4.66. The number of hydrogen-bond acceptors (Lipinski definition) is 2. The van der Waals surface area contributed by atoms with E-state index in [-0.39, 0.29) is 0 Å². The van der Waals surface area contributed by atoms with Crippen molar-refractivity contribution in [3.8, 4) is 5.75 Å². The maximum absolute atomic E-state index is 12.2. The van der Waals surface area contributed by atoms with E-state index in [0.29, 0.717) is 5.75 Å². The lowest BCUT2D eigenvalue weighted by Gasteiger charge is -2.29. The number of nitrogens with zero attached hydrogens (tertiary/aromatic N) is 1. The number of hydrogen-bond donors (Lipinski definition) is 0. The SMILES string of the molecule is FC(F)(F)c1ccc(ON2CCC2)cc1.